The Kier molecular flexibility index (Phi) is 14.0. The molecule has 0 unspecified atom stereocenters. The highest BCUT2D eigenvalue weighted by Crippen LogP contribution is 2.33. The number of carbonyl (C=O) groups excluding carboxylic acids is 5. The van der Waals surface area contributed by atoms with Gasteiger partial charge in [-0.1, -0.05) is 31.0 Å². The summed E-state index contributed by atoms with van der Waals surface area (Å²) in [7, 11) is 0. The summed E-state index contributed by atoms with van der Waals surface area (Å²) in [5.74, 6) is -0.618. The third-order valence-corrected chi connectivity index (χ3v) is 9.05. The van der Waals surface area contributed by atoms with Crippen molar-refractivity contribution in [2.24, 2.45) is 22.2 Å². The number of hydrogen-bond acceptors (Lipinski definition) is 8. The molecule has 1 aliphatic carbocycles. The zero-order chi connectivity index (χ0) is 38.5. The highest BCUT2D eigenvalue weighted by molar-refractivity contribution is 6.05. The van der Waals surface area contributed by atoms with Crippen LogP contribution in [0.25, 0.3) is 0 Å². The van der Waals surface area contributed by atoms with Gasteiger partial charge < -0.3 is 48.1 Å². The lowest BCUT2D eigenvalue weighted by Gasteiger charge is -2.24. The summed E-state index contributed by atoms with van der Waals surface area (Å²) in [4.78, 5) is 68.8. The number of guanidine groups is 1. The number of anilines is 2. The van der Waals surface area contributed by atoms with Gasteiger partial charge >= 0.3 is 0 Å². The summed E-state index contributed by atoms with van der Waals surface area (Å²) < 4.78 is 5.49. The zero-order valence-corrected chi connectivity index (χ0v) is 30.3. The van der Waals surface area contributed by atoms with Gasteiger partial charge in [-0.05, 0) is 92.6 Å². The second-order valence-electron chi connectivity index (χ2n) is 13.5. The highest BCUT2D eigenvalue weighted by atomic mass is 16.5. The van der Waals surface area contributed by atoms with Crippen LogP contribution in [0.4, 0.5) is 11.4 Å². The Balaban J connectivity index is 1.01. The van der Waals surface area contributed by atoms with E-state index in [2.05, 4.69) is 26.3 Å². The predicted octanol–water partition coefficient (Wildman–Crippen LogP) is 2.86. The van der Waals surface area contributed by atoms with Gasteiger partial charge in [0.15, 0.2) is 12.6 Å². The molecule has 0 radical (unpaired) electrons. The third kappa shape index (κ3) is 11.8. The molecular formula is C39H49N9O6. The number of nitrogens with one attached hydrogen (secondary N) is 4. The Hall–Kier alpha value is -5.96. The first kappa shape index (κ1) is 39.3. The fourth-order valence-electron chi connectivity index (χ4n) is 5.93. The molecule has 54 heavy (non-hydrogen) atoms. The Bertz CT molecular complexity index is 1840. The topological polar surface area (TPSA) is 236 Å². The first-order chi connectivity index (χ1) is 26.1. The number of ether oxygens (including phenoxy) is 1. The van der Waals surface area contributed by atoms with Gasteiger partial charge in [0.25, 0.3) is 23.6 Å². The maximum atomic E-state index is 13.5. The van der Waals surface area contributed by atoms with Crippen LogP contribution in [0.1, 0.15) is 88.0 Å². The maximum Gasteiger partial charge on any atom is 0.262 e. The minimum atomic E-state index is -0.598. The van der Waals surface area contributed by atoms with E-state index in [4.69, 9.17) is 21.9 Å². The average molecular weight is 740 g/mol. The summed E-state index contributed by atoms with van der Waals surface area (Å²) in [5.41, 5.74) is 19.8. The van der Waals surface area contributed by atoms with Crippen molar-refractivity contribution in [1.82, 2.24) is 15.5 Å². The van der Waals surface area contributed by atoms with Crippen LogP contribution in [0.3, 0.4) is 0 Å². The fraction of sp³-hybridized carbons (Fsp3) is 0.385. The summed E-state index contributed by atoms with van der Waals surface area (Å²) in [6, 6.07) is 18.4. The van der Waals surface area contributed by atoms with Crippen molar-refractivity contribution in [2.75, 3.05) is 36.9 Å². The Labute approximate surface area is 314 Å². The molecule has 0 saturated heterocycles. The Morgan fingerprint density at radius 2 is 1.57 bits per heavy atom. The summed E-state index contributed by atoms with van der Waals surface area (Å²) in [6.45, 7) is 1.76. The van der Waals surface area contributed by atoms with E-state index in [1.54, 1.807) is 54.6 Å². The van der Waals surface area contributed by atoms with E-state index in [-0.39, 0.29) is 48.1 Å². The first-order valence-corrected chi connectivity index (χ1v) is 18.3. The van der Waals surface area contributed by atoms with Gasteiger partial charge in [-0.3, -0.25) is 29.0 Å². The molecule has 1 aliphatic heterocycles. The van der Waals surface area contributed by atoms with Crippen molar-refractivity contribution < 1.29 is 28.7 Å². The standard InChI is InChI=1S/C39H49N9O6/c40-31(9-6-20-45-39(41)42)37(52)44-19-4-2-1-3-18-43-35(50)27-7-5-8-29(21-27)46-36(51)26-12-10-25(11-13-26)23-48(30-15-16-30)38(53)28-14-17-32-33(22-28)54-24-34(49)47-32/h5,7-8,10-14,17,21-22,30-31H,1-4,6,9,15-16,18-20,23-24,40H2,(H,43,50)(H,44,52)(H,46,51)(H,47,49)(H4,41,42,45)/t31-/m0/s1. The van der Waals surface area contributed by atoms with Gasteiger partial charge in [0.05, 0.1) is 11.7 Å². The van der Waals surface area contributed by atoms with Crippen LogP contribution in [-0.4, -0.2) is 78.7 Å². The summed E-state index contributed by atoms with van der Waals surface area (Å²) in [5, 5.41) is 11.4. The zero-order valence-electron chi connectivity index (χ0n) is 30.3. The maximum absolute atomic E-state index is 13.5. The van der Waals surface area contributed by atoms with E-state index in [1.165, 1.54) is 0 Å². The second-order valence-corrected chi connectivity index (χ2v) is 13.5. The number of fused-ring (bicyclic) bond motifs is 1. The van der Waals surface area contributed by atoms with E-state index in [1.807, 2.05) is 17.0 Å². The van der Waals surface area contributed by atoms with Crippen molar-refractivity contribution in [2.45, 2.75) is 70.0 Å². The van der Waals surface area contributed by atoms with Crippen LogP contribution in [0.5, 0.6) is 5.75 Å². The number of aliphatic imine (C=N–C) groups is 1. The van der Waals surface area contributed by atoms with Gasteiger partial charge in [-0.25, -0.2) is 0 Å². The number of nitrogens with zero attached hydrogens (tertiary/aromatic N) is 2. The molecule has 1 fully saturated rings. The van der Waals surface area contributed by atoms with Crippen molar-refractivity contribution in [1.29, 1.82) is 0 Å². The van der Waals surface area contributed by atoms with Gasteiger partial charge in [-0.15, -0.1) is 0 Å². The van der Waals surface area contributed by atoms with Gasteiger partial charge in [0, 0.05) is 54.6 Å². The SMILES string of the molecule is NC(N)=NCCC[C@H](N)C(=O)NCCCCCCNC(=O)c1cccc(NC(=O)c2ccc(CN(C(=O)c3ccc4c(c3)OCC(=O)N4)C3CC3)cc2)c1. The molecule has 0 spiro atoms. The molecule has 15 heteroatoms. The summed E-state index contributed by atoms with van der Waals surface area (Å²) in [6.07, 6.45) is 6.33. The minimum absolute atomic E-state index is 0.0206. The molecule has 0 aromatic heterocycles. The molecular weight excluding hydrogens is 690 g/mol. The Morgan fingerprint density at radius 3 is 2.30 bits per heavy atom. The monoisotopic (exact) mass is 739 g/mol. The second kappa shape index (κ2) is 19.2. The van der Waals surface area contributed by atoms with E-state index in [9.17, 15) is 24.0 Å². The number of unbranched alkanes of at least 4 members (excludes halogenated alkanes) is 3. The van der Waals surface area contributed by atoms with E-state index in [0.29, 0.717) is 72.8 Å². The van der Waals surface area contributed by atoms with Gasteiger partial charge in [-0.2, -0.15) is 0 Å². The predicted molar refractivity (Wildman–Crippen MR) is 206 cm³/mol. The molecule has 2 aliphatic rings. The van der Waals surface area contributed by atoms with Crippen molar-refractivity contribution in [3.8, 4) is 5.75 Å². The quantitative estimate of drug-likeness (QED) is 0.0543. The number of rotatable bonds is 19. The van der Waals surface area contributed by atoms with Crippen LogP contribution in [0.2, 0.25) is 0 Å². The normalized spacial score (nSPS) is 13.7. The largest absolute Gasteiger partial charge is 0.482 e. The van der Waals surface area contributed by atoms with E-state index >= 15 is 0 Å². The molecule has 1 heterocycles. The van der Waals surface area contributed by atoms with Gasteiger partial charge in [0.2, 0.25) is 5.91 Å². The highest BCUT2D eigenvalue weighted by Gasteiger charge is 2.33. The van der Waals surface area contributed by atoms with Crippen LogP contribution >= 0.6 is 0 Å². The lowest BCUT2D eigenvalue weighted by molar-refractivity contribution is -0.122. The molecule has 10 N–H and O–H groups in total. The molecule has 1 atom stereocenters. The van der Waals surface area contributed by atoms with Crippen molar-refractivity contribution >= 4 is 46.9 Å². The smallest absolute Gasteiger partial charge is 0.262 e. The molecule has 15 nitrogen and oxygen atoms in total. The molecule has 1 saturated carbocycles. The van der Waals surface area contributed by atoms with Crippen LogP contribution in [0, 0.1) is 0 Å². The van der Waals surface area contributed by atoms with Crippen LogP contribution < -0.4 is 43.2 Å². The molecule has 3 aromatic carbocycles. The Morgan fingerprint density at radius 1 is 0.852 bits per heavy atom. The number of hydrogen-bond donors (Lipinski definition) is 7. The number of carbonyl (C=O) groups is 5. The molecule has 5 amide bonds. The lowest BCUT2D eigenvalue weighted by Crippen LogP contribution is -2.41. The lowest BCUT2D eigenvalue weighted by atomic mass is 10.1. The average Bonchev–Trinajstić information content (AvgIpc) is 4.01. The van der Waals surface area contributed by atoms with Crippen molar-refractivity contribution in [3.63, 3.8) is 0 Å². The minimum Gasteiger partial charge on any atom is -0.482 e. The number of nitrogens with two attached hydrogens (primary N) is 3. The third-order valence-electron chi connectivity index (χ3n) is 9.05. The molecule has 286 valence electrons. The molecule has 3 aromatic rings. The summed E-state index contributed by atoms with van der Waals surface area (Å²) >= 11 is 0. The van der Waals surface area contributed by atoms with Crippen LogP contribution in [0.15, 0.2) is 71.7 Å². The van der Waals surface area contributed by atoms with E-state index in [0.717, 1.165) is 44.1 Å². The van der Waals surface area contributed by atoms with Gasteiger partial charge in [0.1, 0.15) is 5.75 Å². The number of amides is 5. The van der Waals surface area contributed by atoms with Crippen molar-refractivity contribution in [3.05, 3.63) is 89.0 Å². The molecule has 0 bridgehead atoms. The number of benzene rings is 3. The van der Waals surface area contributed by atoms with E-state index < -0.39 is 6.04 Å². The first-order valence-electron chi connectivity index (χ1n) is 18.3. The molecule has 5 rings (SSSR count). The fourth-order valence-corrected chi connectivity index (χ4v) is 5.93. The van der Waals surface area contributed by atoms with Crippen LogP contribution in [-0.2, 0) is 16.1 Å².